The molecule has 3 rings (SSSR count). The summed E-state index contributed by atoms with van der Waals surface area (Å²) < 4.78 is 0.736. The summed E-state index contributed by atoms with van der Waals surface area (Å²) in [6.07, 6.45) is 0. The van der Waals surface area contributed by atoms with Crippen molar-refractivity contribution in [3.8, 4) is 5.75 Å². The van der Waals surface area contributed by atoms with Crippen molar-refractivity contribution in [1.29, 1.82) is 0 Å². The number of benzene rings is 2. The molecule has 3 nitrogen and oxygen atoms in total. The van der Waals surface area contributed by atoms with E-state index in [1.807, 2.05) is 6.07 Å². The Balaban J connectivity index is 2.24. The predicted octanol–water partition coefficient (Wildman–Crippen LogP) is 4.04. The van der Waals surface area contributed by atoms with E-state index in [2.05, 4.69) is 0 Å². The van der Waals surface area contributed by atoms with Gasteiger partial charge in [-0.15, -0.1) is 11.3 Å². The Labute approximate surface area is 125 Å². The largest absolute Gasteiger partial charge is 0.506 e. The lowest BCUT2D eigenvalue weighted by atomic mass is 9.99. The Morgan fingerprint density at radius 1 is 1.00 bits per heavy atom. The Hall–Kier alpha value is -2.46. The second kappa shape index (κ2) is 5.14. The fourth-order valence-corrected chi connectivity index (χ4v) is 3.32. The van der Waals surface area contributed by atoms with Crippen LogP contribution in [-0.2, 0) is 0 Å². The molecule has 0 bridgehead atoms. The van der Waals surface area contributed by atoms with E-state index in [1.165, 1.54) is 18.3 Å². The van der Waals surface area contributed by atoms with Crippen LogP contribution >= 0.6 is 11.3 Å². The van der Waals surface area contributed by atoms with Crippen LogP contribution in [0.2, 0.25) is 0 Å². The van der Waals surface area contributed by atoms with Crippen LogP contribution in [0.5, 0.6) is 5.75 Å². The van der Waals surface area contributed by atoms with Crippen LogP contribution in [-0.4, -0.2) is 16.7 Å². The highest BCUT2D eigenvalue weighted by Gasteiger charge is 2.21. The summed E-state index contributed by atoms with van der Waals surface area (Å²) in [6.45, 7) is 1.41. The second-order valence-electron chi connectivity index (χ2n) is 4.71. The number of carbonyl (C=O) groups is 2. The number of thiophene rings is 1. The van der Waals surface area contributed by atoms with E-state index in [0.29, 0.717) is 21.4 Å². The summed E-state index contributed by atoms with van der Waals surface area (Å²) in [7, 11) is 0. The first kappa shape index (κ1) is 13.5. The Morgan fingerprint density at radius 2 is 1.71 bits per heavy atom. The molecule has 0 atom stereocenters. The van der Waals surface area contributed by atoms with Crippen molar-refractivity contribution in [3.05, 3.63) is 64.5 Å². The third kappa shape index (κ3) is 2.23. The minimum Gasteiger partial charge on any atom is -0.506 e. The molecule has 4 heteroatoms. The molecule has 0 aliphatic carbocycles. The topological polar surface area (TPSA) is 54.4 Å². The molecule has 0 radical (unpaired) electrons. The van der Waals surface area contributed by atoms with Gasteiger partial charge in [-0.05, 0) is 6.07 Å². The third-order valence-electron chi connectivity index (χ3n) is 3.29. The Morgan fingerprint density at radius 3 is 2.38 bits per heavy atom. The molecule has 1 aromatic heterocycles. The first-order valence-electron chi connectivity index (χ1n) is 6.44. The van der Waals surface area contributed by atoms with Gasteiger partial charge in [0.05, 0.1) is 0 Å². The predicted molar refractivity (Wildman–Crippen MR) is 83.4 cm³/mol. The molecule has 1 N–H and O–H groups in total. The molecule has 0 amide bonds. The summed E-state index contributed by atoms with van der Waals surface area (Å²) >= 11 is 1.21. The van der Waals surface area contributed by atoms with Crippen LogP contribution in [0.4, 0.5) is 0 Å². The number of hydrogen-bond acceptors (Lipinski definition) is 4. The van der Waals surface area contributed by atoms with Gasteiger partial charge in [-0.25, -0.2) is 0 Å². The van der Waals surface area contributed by atoms with Crippen molar-refractivity contribution < 1.29 is 14.7 Å². The second-order valence-corrected chi connectivity index (χ2v) is 5.76. The average molecular weight is 296 g/mol. The van der Waals surface area contributed by atoms with Crippen molar-refractivity contribution in [1.82, 2.24) is 0 Å². The molecule has 0 aliphatic rings. The van der Waals surface area contributed by atoms with Gasteiger partial charge in [-0.2, -0.15) is 0 Å². The monoisotopic (exact) mass is 296 g/mol. The van der Waals surface area contributed by atoms with Gasteiger partial charge in [0.2, 0.25) is 0 Å². The number of aromatic hydroxyl groups is 1. The summed E-state index contributed by atoms with van der Waals surface area (Å²) in [4.78, 5) is 24.4. The number of fused-ring (bicyclic) bond motifs is 1. The molecule has 2 aromatic carbocycles. The summed E-state index contributed by atoms with van der Waals surface area (Å²) in [5.74, 6) is -0.460. The normalized spacial score (nSPS) is 10.7. The first-order valence-corrected chi connectivity index (χ1v) is 7.26. The van der Waals surface area contributed by atoms with E-state index in [1.54, 1.807) is 42.5 Å². The minimum absolute atomic E-state index is 0.0950. The highest BCUT2D eigenvalue weighted by atomic mass is 32.1. The van der Waals surface area contributed by atoms with E-state index >= 15 is 0 Å². The van der Waals surface area contributed by atoms with Gasteiger partial charge in [0.1, 0.15) is 10.6 Å². The molecule has 0 aliphatic heterocycles. The minimum atomic E-state index is -0.202. The number of rotatable bonds is 3. The molecule has 104 valence electrons. The van der Waals surface area contributed by atoms with Gasteiger partial charge in [0, 0.05) is 28.1 Å². The van der Waals surface area contributed by atoms with Crippen molar-refractivity contribution in [3.63, 3.8) is 0 Å². The van der Waals surface area contributed by atoms with Crippen molar-refractivity contribution in [2.75, 3.05) is 0 Å². The van der Waals surface area contributed by atoms with Gasteiger partial charge in [0.15, 0.2) is 11.6 Å². The quantitative estimate of drug-likeness (QED) is 0.742. The summed E-state index contributed by atoms with van der Waals surface area (Å²) in [5, 5.41) is 10.7. The third-order valence-corrected chi connectivity index (χ3v) is 4.54. The molecular formula is C17H12O3S. The molecule has 0 unspecified atom stereocenters. The molecule has 3 aromatic rings. The van der Waals surface area contributed by atoms with Gasteiger partial charge in [-0.1, -0.05) is 42.5 Å². The molecule has 0 saturated heterocycles. The van der Waals surface area contributed by atoms with Gasteiger partial charge < -0.3 is 5.11 Å². The maximum Gasteiger partial charge on any atom is 0.193 e. The molecule has 0 saturated carbocycles. The summed E-state index contributed by atoms with van der Waals surface area (Å²) in [5.41, 5.74) is 0.972. The van der Waals surface area contributed by atoms with Crippen LogP contribution in [0, 0.1) is 0 Å². The maximum atomic E-state index is 12.6. The number of carbonyl (C=O) groups excluding carboxylic acids is 2. The smallest absolute Gasteiger partial charge is 0.193 e. The van der Waals surface area contributed by atoms with Crippen molar-refractivity contribution >= 4 is 33.0 Å². The lowest BCUT2D eigenvalue weighted by Crippen LogP contribution is -2.01. The highest BCUT2D eigenvalue weighted by molar-refractivity contribution is 7.21. The molecule has 0 fully saturated rings. The maximum absolute atomic E-state index is 12.6. The van der Waals surface area contributed by atoms with Crippen LogP contribution in [0.3, 0.4) is 0 Å². The van der Waals surface area contributed by atoms with Gasteiger partial charge in [0.25, 0.3) is 0 Å². The standard InChI is InChI=1S/C17H12O3S/c1-10(18)17-16(20)14-12(8-5-9-13(14)21-17)15(19)11-6-3-2-4-7-11/h2-9,20H,1H3. The zero-order valence-electron chi connectivity index (χ0n) is 11.3. The summed E-state index contributed by atoms with van der Waals surface area (Å²) in [6, 6.07) is 14.1. The number of Topliss-reactive ketones (excluding diaryl/α,β-unsaturated/α-hetero) is 1. The van der Waals surface area contributed by atoms with E-state index in [-0.39, 0.29) is 17.3 Å². The number of ketones is 2. The van der Waals surface area contributed by atoms with Gasteiger partial charge in [-0.3, -0.25) is 9.59 Å². The van der Waals surface area contributed by atoms with E-state index < -0.39 is 0 Å². The SMILES string of the molecule is CC(=O)c1sc2cccc(C(=O)c3ccccc3)c2c1O. The van der Waals surface area contributed by atoms with Crippen LogP contribution in [0.15, 0.2) is 48.5 Å². The van der Waals surface area contributed by atoms with Crippen LogP contribution < -0.4 is 0 Å². The van der Waals surface area contributed by atoms with Crippen LogP contribution in [0.1, 0.15) is 32.5 Å². The zero-order valence-corrected chi connectivity index (χ0v) is 12.1. The molecule has 0 spiro atoms. The van der Waals surface area contributed by atoms with Crippen LogP contribution in [0.25, 0.3) is 10.1 Å². The molecular weight excluding hydrogens is 284 g/mol. The molecule has 1 heterocycles. The number of hydrogen-bond donors (Lipinski definition) is 1. The average Bonchev–Trinajstić information content (AvgIpc) is 2.85. The van der Waals surface area contributed by atoms with Crippen molar-refractivity contribution in [2.45, 2.75) is 6.92 Å². The Kier molecular flexibility index (Phi) is 3.31. The molecule has 21 heavy (non-hydrogen) atoms. The van der Waals surface area contributed by atoms with Gasteiger partial charge >= 0.3 is 0 Å². The Bertz CT molecular complexity index is 847. The van der Waals surface area contributed by atoms with E-state index in [9.17, 15) is 14.7 Å². The lowest BCUT2D eigenvalue weighted by Gasteiger charge is -2.03. The highest BCUT2D eigenvalue weighted by Crippen LogP contribution is 2.39. The van der Waals surface area contributed by atoms with Crippen molar-refractivity contribution in [2.24, 2.45) is 0 Å². The van der Waals surface area contributed by atoms with E-state index in [0.717, 1.165) is 4.70 Å². The fraction of sp³-hybridized carbons (Fsp3) is 0.0588. The first-order chi connectivity index (χ1) is 10.1. The lowest BCUT2D eigenvalue weighted by molar-refractivity contribution is 0.101. The fourth-order valence-electron chi connectivity index (χ4n) is 2.31. The van der Waals surface area contributed by atoms with E-state index in [4.69, 9.17) is 0 Å². The zero-order chi connectivity index (χ0) is 15.0.